The van der Waals surface area contributed by atoms with Crippen LogP contribution in [0.3, 0.4) is 0 Å². The number of aromatic hydroxyl groups is 1. The van der Waals surface area contributed by atoms with Gasteiger partial charge in [-0.3, -0.25) is 24.0 Å². The Bertz CT molecular complexity index is 2320. The van der Waals surface area contributed by atoms with Crippen LogP contribution in [-0.4, -0.2) is 146 Å². The molecule has 17 atom stereocenters. The van der Waals surface area contributed by atoms with E-state index in [9.17, 15) is 44.4 Å². The summed E-state index contributed by atoms with van der Waals surface area (Å²) in [6, 6.07) is 2.70. The van der Waals surface area contributed by atoms with Crippen molar-refractivity contribution >= 4 is 28.9 Å². The fraction of sp³-hybridized carbons (Fsp3) is 0.612. The predicted molar refractivity (Wildman–Crippen MR) is 229 cm³/mol. The molecule has 1 aromatic carbocycles. The highest BCUT2D eigenvalue weighted by molar-refractivity contribution is 6.32. The van der Waals surface area contributed by atoms with E-state index in [0.29, 0.717) is 25.7 Å². The molecule has 0 spiro atoms. The van der Waals surface area contributed by atoms with E-state index in [0.717, 1.165) is 6.08 Å². The summed E-state index contributed by atoms with van der Waals surface area (Å²) < 4.78 is 54.4. The molecule has 3 saturated heterocycles. The minimum atomic E-state index is -2.83. The van der Waals surface area contributed by atoms with Crippen LogP contribution in [0.25, 0.3) is 0 Å². The molecule has 8 aliphatic rings. The molecule has 4 fully saturated rings. The van der Waals surface area contributed by atoms with E-state index in [1.807, 2.05) is 6.92 Å². The molecule has 0 amide bonds. The van der Waals surface area contributed by atoms with Gasteiger partial charge in [0.15, 0.2) is 59.7 Å². The van der Waals surface area contributed by atoms with Crippen LogP contribution in [0.4, 0.5) is 0 Å². The Morgan fingerprint density at radius 1 is 0.701 bits per heavy atom. The number of hydrogen-bond donors (Lipinski definition) is 4. The first-order valence-electron chi connectivity index (χ1n) is 23.1. The lowest BCUT2D eigenvalue weighted by atomic mass is 9.57. The molecule has 0 bridgehead atoms. The number of fused-ring (bicyclic) bond motifs is 3. The molecular weight excluding hydrogens is 877 g/mol. The molecule has 67 heavy (non-hydrogen) atoms. The zero-order valence-electron chi connectivity index (χ0n) is 38.2. The first-order chi connectivity index (χ1) is 31.7. The lowest BCUT2D eigenvalue weighted by molar-refractivity contribution is -0.292. The van der Waals surface area contributed by atoms with Crippen molar-refractivity contribution in [3.05, 3.63) is 76.4 Å². The van der Waals surface area contributed by atoms with Crippen LogP contribution >= 0.6 is 0 Å². The first kappa shape index (κ1) is 47.9. The maximum absolute atomic E-state index is 14.4. The van der Waals surface area contributed by atoms with Gasteiger partial charge in [0.05, 0.1) is 59.5 Å². The number of Topliss-reactive ketones (excluding diaryl/α,β-unsaturated/α-hetero) is 3. The zero-order chi connectivity index (χ0) is 47.9. The Labute approximate surface area is 386 Å². The smallest absolute Gasteiger partial charge is 0.198 e. The van der Waals surface area contributed by atoms with Gasteiger partial charge in [0.1, 0.15) is 29.7 Å². The molecule has 362 valence electrons. The number of rotatable bonds is 9. The predicted octanol–water partition coefficient (Wildman–Crippen LogP) is 3.39. The maximum atomic E-state index is 14.4. The third-order valence-electron chi connectivity index (χ3n) is 14.4. The van der Waals surface area contributed by atoms with Gasteiger partial charge in [-0.1, -0.05) is 12.1 Å². The van der Waals surface area contributed by atoms with Crippen molar-refractivity contribution in [1.82, 2.24) is 0 Å². The quantitative estimate of drug-likeness (QED) is 0.277. The van der Waals surface area contributed by atoms with E-state index < -0.39 is 132 Å². The summed E-state index contributed by atoms with van der Waals surface area (Å²) in [6.45, 7) is 10.2. The molecule has 1 saturated carbocycles. The number of phenolic OH excluding ortho intramolecular Hbond substituents is 1. The SMILES string of the molecule is C[C@@H]1O[C@@H](c2ccc3c(c2O)C(=O)C2=C(C3=O)[C@@]3(O)C(=O)C[C@](C)(O[C@H]4CC[C@@H](O[C@H]5C=CC(=O)[C@@H](C)O5)[C@@H](C)O4)C[C@]3(O)C=C2)C[C@H](O)[C@H]1O[C@@H]1CC[C@H](O[C@H]2C=CC(=O)[C@@H](C)O2)[C@@H](C)O1. The second-order valence-corrected chi connectivity index (χ2v) is 19.3. The third-order valence-corrected chi connectivity index (χ3v) is 14.4. The molecular formula is C49H58O18. The van der Waals surface area contributed by atoms with Crippen LogP contribution in [0.1, 0.15) is 119 Å². The fourth-order valence-corrected chi connectivity index (χ4v) is 10.7. The van der Waals surface area contributed by atoms with Crippen molar-refractivity contribution in [2.75, 3.05) is 0 Å². The van der Waals surface area contributed by atoms with Crippen LogP contribution in [-0.2, 0) is 57.0 Å². The number of phenols is 1. The zero-order valence-corrected chi connectivity index (χ0v) is 38.2. The second-order valence-electron chi connectivity index (χ2n) is 19.3. The average molecular weight is 935 g/mol. The summed E-state index contributed by atoms with van der Waals surface area (Å²) in [5.41, 5.74) is -8.05. The van der Waals surface area contributed by atoms with Gasteiger partial charge in [0, 0.05) is 48.8 Å². The second kappa shape index (κ2) is 18.0. The number of carbonyl (C=O) groups excluding carboxylic acids is 5. The minimum absolute atomic E-state index is 0.0512. The van der Waals surface area contributed by atoms with Gasteiger partial charge < -0.3 is 63.1 Å². The van der Waals surface area contributed by atoms with Crippen molar-refractivity contribution in [2.24, 2.45) is 0 Å². The van der Waals surface area contributed by atoms with Crippen LogP contribution in [0, 0.1) is 0 Å². The molecule has 9 rings (SSSR count). The molecule has 18 heteroatoms. The van der Waals surface area contributed by atoms with Gasteiger partial charge >= 0.3 is 0 Å². The summed E-state index contributed by atoms with van der Waals surface area (Å²) in [4.78, 5) is 66.5. The maximum Gasteiger partial charge on any atom is 0.198 e. The number of aliphatic hydroxyl groups is 3. The highest BCUT2D eigenvalue weighted by atomic mass is 16.7. The van der Waals surface area contributed by atoms with Crippen molar-refractivity contribution in [1.29, 1.82) is 0 Å². The van der Waals surface area contributed by atoms with Crippen molar-refractivity contribution < 1.29 is 87.0 Å². The highest BCUT2D eigenvalue weighted by Gasteiger charge is 2.67. The molecule has 18 nitrogen and oxygen atoms in total. The molecule has 4 N–H and O–H groups in total. The number of ketones is 5. The monoisotopic (exact) mass is 934 g/mol. The average Bonchev–Trinajstić information content (AvgIpc) is 3.26. The van der Waals surface area contributed by atoms with E-state index in [4.69, 9.17) is 42.6 Å². The minimum Gasteiger partial charge on any atom is -0.507 e. The van der Waals surface area contributed by atoms with Crippen LogP contribution in [0.5, 0.6) is 5.75 Å². The summed E-state index contributed by atoms with van der Waals surface area (Å²) >= 11 is 0. The number of allylic oxidation sites excluding steroid dienone is 2. The largest absolute Gasteiger partial charge is 0.507 e. The van der Waals surface area contributed by atoms with E-state index in [-0.39, 0.29) is 52.8 Å². The van der Waals surface area contributed by atoms with Crippen molar-refractivity contribution in [3.8, 4) is 5.75 Å². The lowest BCUT2D eigenvalue weighted by Gasteiger charge is -2.53. The summed E-state index contributed by atoms with van der Waals surface area (Å²) in [6.07, 6.45) is -0.115. The van der Waals surface area contributed by atoms with E-state index in [1.165, 1.54) is 30.4 Å². The third kappa shape index (κ3) is 8.67. The van der Waals surface area contributed by atoms with Gasteiger partial charge in [-0.25, -0.2) is 0 Å². The normalized spacial score (nSPS) is 43.3. The number of ether oxygens (including phenoxy) is 9. The molecule has 1 aromatic rings. The van der Waals surface area contributed by atoms with E-state index >= 15 is 0 Å². The summed E-state index contributed by atoms with van der Waals surface area (Å²) in [5.74, 6) is -3.57. The van der Waals surface area contributed by atoms with Gasteiger partial charge in [-0.2, -0.15) is 0 Å². The molecule has 5 heterocycles. The summed E-state index contributed by atoms with van der Waals surface area (Å²) in [5, 5.41) is 47.6. The Balaban J connectivity index is 0.843. The van der Waals surface area contributed by atoms with Gasteiger partial charge in [0.25, 0.3) is 0 Å². The van der Waals surface area contributed by atoms with E-state index in [1.54, 1.807) is 46.8 Å². The molecule has 3 aliphatic carbocycles. The Morgan fingerprint density at radius 2 is 1.30 bits per heavy atom. The van der Waals surface area contributed by atoms with Crippen LogP contribution in [0.2, 0.25) is 0 Å². The fourth-order valence-electron chi connectivity index (χ4n) is 10.7. The number of aliphatic hydroxyl groups excluding tert-OH is 1. The Morgan fingerprint density at radius 3 is 1.88 bits per heavy atom. The van der Waals surface area contributed by atoms with Crippen LogP contribution < -0.4 is 0 Å². The number of carbonyl (C=O) groups is 5. The standard InChI is InChI=1S/C49H58O18/c1-22-30(50)9-13-37(60-22)64-33-11-15-39(62-24(33)3)66-46-26(5)59-35(19-32(46)52)27-7-8-28-41(43(27)54)44(55)29-17-18-48(57)21-47(6,20-36(53)49(48,58)42(29)45(28)56)67-40-16-12-34(25(4)63-40)65-38-14-10-31(51)23(2)61-38/h7-10,13-14,17-18,22-26,32-35,37-40,46,52,54,57-58H,11-12,15-16,19-21H2,1-6H3/t22-,23-,24-,25-,26+,32+,33+,34-,35-,37+,38+,39-,40+,46+,47+,48-,49+/m1/s1. The van der Waals surface area contributed by atoms with Crippen molar-refractivity contribution in [3.63, 3.8) is 0 Å². The topological polar surface area (TPSA) is 249 Å². The van der Waals surface area contributed by atoms with Crippen LogP contribution in [0.15, 0.2) is 59.7 Å². The lowest BCUT2D eigenvalue weighted by Crippen LogP contribution is -2.69. The highest BCUT2D eigenvalue weighted by Crippen LogP contribution is 2.53. The van der Waals surface area contributed by atoms with Crippen molar-refractivity contribution in [2.45, 2.75) is 189 Å². The number of hydrogen-bond acceptors (Lipinski definition) is 18. The molecule has 0 unspecified atom stereocenters. The van der Waals surface area contributed by atoms with Gasteiger partial charge in [-0.15, -0.1) is 0 Å². The molecule has 5 aliphatic heterocycles. The van der Waals surface area contributed by atoms with Gasteiger partial charge in [-0.05, 0) is 90.8 Å². The Kier molecular flexibility index (Phi) is 12.9. The molecule has 0 aromatic heterocycles. The number of benzene rings is 1. The molecule has 0 radical (unpaired) electrons. The van der Waals surface area contributed by atoms with Gasteiger partial charge in [0.2, 0.25) is 0 Å². The van der Waals surface area contributed by atoms with E-state index in [2.05, 4.69) is 0 Å². The Hall–Kier alpha value is -4.15. The summed E-state index contributed by atoms with van der Waals surface area (Å²) in [7, 11) is 0. The first-order valence-corrected chi connectivity index (χ1v) is 23.1.